The Balaban J connectivity index is 1.82. The highest BCUT2D eigenvalue weighted by molar-refractivity contribution is 7.07. The number of nitrogens with zero attached hydrogens (tertiary/aromatic N) is 4. The van der Waals surface area contributed by atoms with Crippen molar-refractivity contribution in [3.05, 3.63) is 105 Å². The molecule has 0 radical (unpaired) electrons. The monoisotopic (exact) mass is 418 g/mol. The Morgan fingerprint density at radius 1 is 1.03 bits per heavy atom. The quantitative estimate of drug-likeness (QED) is 0.387. The molecular weight excluding hydrogens is 400 g/mol. The topological polar surface area (TPSA) is 42.5 Å². The molecule has 2 heterocycles. The van der Waals surface area contributed by atoms with E-state index in [9.17, 15) is 0 Å². The van der Waals surface area contributed by atoms with Crippen molar-refractivity contribution < 1.29 is 0 Å². The summed E-state index contributed by atoms with van der Waals surface area (Å²) in [5.41, 5.74) is 4.74. The van der Waals surface area contributed by atoms with Crippen LogP contribution in [0.25, 0.3) is 11.3 Å². The summed E-state index contributed by atoms with van der Waals surface area (Å²) in [5, 5.41) is 7.60. The minimum atomic E-state index is 0.592. The largest absolute Gasteiger partial charge is 0.255 e. The Hall–Kier alpha value is -3.02. The van der Waals surface area contributed by atoms with Crippen LogP contribution in [-0.4, -0.2) is 15.4 Å². The fourth-order valence-electron chi connectivity index (χ4n) is 2.87. The number of aromatic nitrogens is 2. The summed E-state index contributed by atoms with van der Waals surface area (Å²) in [7, 11) is 0. The third-order valence-corrected chi connectivity index (χ3v) is 5.42. The average Bonchev–Trinajstić information content (AvgIpc) is 3.16. The molecule has 0 unspecified atom stereocenters. The fraction of sp³-hybridized carbons (Fsp3) is 0.0870. The Morgan fingerprint density at radius 2 is 1.86 bits per heavy atom. The number of pyridine rings is 1. The van der Waals surface area contributed by atoms with E-state index in [0.717, 1.165) is 33.0 Å². The van der Waals surface area contributed by atoms with E-state index in [1.807, 2.05) is 72.3 Å². The second kappa shape index (κ2) is 8.99. The van der Waals surface area contributed by atoms with E-state index in [-0.39, 0.29) is 0 Å². The summed E-state index contributed by atoms with van der Waals surface area (Å²) < 4.78 is 1.88. The predicted molar refractivity (Wildman–Crippen MR) is 120 cm³/mol. The van der Waals surface area contributed by atoms with Gasteiger partial charge in [-0.3, -0.25) is 9.98 Å². The number of halogens is 1. The van der Waals surface area contributed by atoms with Gasteiger partial charge < -0.3 is 0 Å². The molecule has 0 saturated heterocycles. The van der Waals surface area contributed by atoms with Crippen molar-refractivity contribution in [2.24, 2.45) is 10.1 Å². The summed E-state index contributed by atoms with van der Waals surface area (Å²) >= 11 is 7.78. The van der Waals surface area contributed by atoms with Gasteiger partial charge in [0.05, 0.1) is 23.6 Å². The standard InChI is InChI=1S/C23H19ClN4S/c1-17(21-12-5-6-13-25-21)27-28-22(19-10-7-11-20(24)14-19)16-29-23(28)26-15-18-8-3-2-4-9-18/h2-14,16H,15H2,1H3. The van der Waals surface area contributed by atoms with Gasteiger partial charge in [0.15, 0.2) is 0 Å². The van der Waals surface area contributed by atoms with Crippen molar-refractivity contribution in [3.8, 4) is 11.3 Å². The molecule has 0 N–H and O–H groups in total. The molecule has 0 aliphatic carbocycles. The third kappa shape index (κ3) is 4.70. The summed E-state index contributed by atoms with van der Waals surface area (Å²) in [6, 6.07) is 23.8. The molecule has 0 aliphatic rings. The van der Waals surface area contributed by atoms with Gasteiger partial charge in [-0.05, 0) is 36.8 Å². The first kappa shape index (κ1) is 19.3. The SMILES string of the molecule is CC(=Nn1c(-c2cccc(Cl)c2)csc1=NCc1ccccc1)c1ccccn1. The number of thiazole rings is 1. The first-order valence-electron chi connectivity index (χ1n) is 9.18. The summed E-state index contributed by atoms with van der Waals surface area (Å²) in [6.07, 6.45) is 1.77. The van der Waals surface area contributed by atoms with Gasteiger partial charge in [0.25, 0.3) is 0 Å². The van der Waals surface area contributed by atoms with Crippen molar-refractivity contribution in [1.29, 1.82) is 0 Å². The lowest BCUT2D eigenvalue weighted by molar-refractivity contribution is 0.818. The molecule has 144 valence electrons. The molecule has 29 heavy (non-hydrogen) atoms. The first-order chi connectivity index (χ1) is 14.2. The fourth-order valence-corrected chi connectivity index (χ4v) is 3.89. The molecular formula is C23H19ClN4S. The van der Waals surface area contributed by atoms with E-state index in [1.54, 1.807) is 17.5 Å². The second-order valence-corrected chi connectivity index (χ2v) is 7.70. The molecule has 4 aromatic rings. The van der Waals surface area contributed by atoms with Crippen LogP contribution < -0.4 is 4.80 Å². The van der Waals surface area contributed by atoms with Crippen LogP contribution in [0.2, 0.25) is 5.02 Å². The van der Waals surface area contributed by atoms with Crippen molar-refractivity contribution in [2.45, 2.75) is 13.5 Å². The number of benzene rings is 2. The zero-order valence-electron chi connectivity index (χ0n) is 15.9. The average molecular weight is 419 g/mol. The van der Waals surface area contributed by atoms with E-state index in [4.69, 9.17) is 21.7 Å². The highest BCUT2D eigenvalue weighted by Crippen LogP contribution is 2.23. The van der Waals surface area contributed by atoms with E-state index < -0.39 is 0 Å². The zero-order valence-corrected chi connectivity index (χ0v) is 17.4. The highest BCUT2D eigenvalue weighted by Gasteiger charge is 2.09. The Kier molecular flexibility index (Phi) is 5.98. The molecule has 0 spiro atoms. The van der Waals surface area contributed by atoms with Crippen LogP contribution in [0.15, 0.2) is 94.5 Å². The van der Waals surface area contributed by atoms with Crippen LogP contribution in [0.3, 0.4) is 0 Å². The number of hydrogen-bond acceptors (Lipinski definition) is 4. The van der Waals surface area contributed by atoms with Crippen molar-refractivity contribution in [2.75, 3.05) is 0 Å². The van der Waals surface area contributed by atoms with Crippen molar-refractivity contribution >= 4 is 28.6 Å². The molecule has 6 heteroatoms. The van der Waals surface area contributed by atoms with Gasteiger partial charge in [-0.1, -0.05) is 60.1 Å². The lowest BCUT2D eigenvalue weighted by Gasteiger charge is -2.06. The first-order valence-corrected chi connectivity index (χ1v) is 10.4. The van der Waals surface area contributed by atoms with Gasteiger partial charge in [0.1, 0.15) is 0 Å². The molecule has 0 fully saturated rings. The second-order valence-electron chi connectivity index (χ2n) is 6.43. The van der Waals surface area contributed by atoms with E-state index in [2.05, 4.69) is 22.5 Å². The van der Waals surface area contributed by atoms with Gasteiger partial charge in [0.2, 0.25) is 4.80 Å². The normalized spacial score (nSPS) is 12.3. The molecule has 0 aliphatic heterocycles. The van der Waals surface area contributed by atoms with E-state index in [0.29, 0.717) is 11.6 Å². The van der Waals surface area contributed by atoms with E-state index >= 15 is 0 Å². The number of rotatable bonds is 5. The van der Waals surface area contributed by atoms with Crippen LogP contribution in [0, 0.1) is 0 Å². The van der Waals surface area contributed by atoms with E-state index in [1.165, 1.54) is 0 Å². The Bertz CT molecular complexity index is 1190. The smallest absolute Gasteiger partial charge is 0.206 e. The Morgan fingerprint density at radius 3 is 2.62 bits per heavy atom. The maximum atomic E-state index is 6.22. The van der Waals surface area contributed by atoms with Gasteiger partial charge in [0, 0.05) is 22.2 Å². The lowest BCUT2D eigenvalue weighted by Crippen LogP contribution is -2.15. The maximum Gasteiger partial charge on any atom is 0.206 e. The van der Waals surface area contributed by atoms with Crippen molar-refractivity contribution in [3.63, 3.8) is 0 Å². The molecule has 0 atom stereocenters. The molecule has 2 aromatic heterocycles. The molecule has 4 nitrogen and oxygen atoms in total. The van der Waals surface area contributed by atoms with Gasteiger partial charge in [-0.15, -0.1) is 11.3 Å². The van der Waals surface area contributed by atoms with Crippen LogP contribution in [0.5, 0.6) is 0 Å². The van der Waals surface area contributed by atoms with Crippen molar-refractivity contribution in [1.82, 2.24) is 9.66 Å². The van der Waals surface area contributed by atoms with Crippen LogP contribution in [0.1, 0.15) is 18.2 Å². The predicted octanol–water partition coefficient (Wildman–Crippen LogP) is 5.64. The van der Waals surface area contributed by atoms with Gasteiger partial charge in [-0.25, -0.2) is 4.68 Å². The van der Waals surface area contributed by atoms with Gasteiger partial charge >= 0.3 is 0 Å². The molecule has 0 amide bonds. The maximum absolute atomic E-state index is 6.22. The lowest BCUT2D eigenvalue weighted by atomic mass is 10.2. The van der Waals surface area contributed by atoms with Crippen LogP contribution in [0.4, 0.5) is 0 Å². The summed E-state index contributed by atoms with van der Waals surface area (Å²) in [6.45, 7) is 2.55. The molecule has 2 aromatic carbocycles. The summed E-state index contributed by atoms with van der Waals surface area (Å²) in [5.74, 6) is 0. The minimum absolute atomic E-state index is 0.592. The molecule has 4 rings (SSSR count). The van der Waals surface area contributed by atoms with Crippen LogP contribution >= 0.6 is 22.9 Å². The Labute approximate surface area is 178 Å². The molecule has 0 saturated carbocycles. The minimum Gasteiger partial charge on any atom is -0.255 e. The zero-order chi connectivity index (χ0) is 20.1. The number of hydrogen-bond donors (Lipinski definition) is 0. The highest BCUT2D eigenvalue weighted by atomic mass is 35.5. The molecule has 0 bridgehead atoms. The summed E-state index contributed by atoms with van der Waals surface area (Å²) in [4.78, 5) is 10.0. The third-order valence-electron chi connectivity index (χ3n) is 4.33. The van der Waals surface area contributed by atoms with Gasteiger partial charge in [-0.2, -0.15) is 5.10 Å². The van der Waals surface area contributed by atoms with Crippen LogP contribution in [-0.2, 0) is 6.54 Å².